The fourth-order valence-corrected chi connectivity index (χ4v) is 10.0. The third-order valence-electron chi connectivity index (χ3n) is 12.0. The van der Waals surface area contributed by atoms with E-state index in [0.29, 0.717) is 11.6 Å². The number of nitrogens with zero attached hydrogens (tertiary/aromatic N) is 8. The molecule has 1 aromatic carbocycles. The highest BCUT2D eigenvalue weighted by Crippen LogP contribution is 2.44. The molecule has 10 nitrogen and oxygen atoms in total. The van der Waals surface area contributed by atoms with Crippen molar-refractivity contribution in [3.05, 3.63) is 74.8 Å². The molecule has 268 valence electrons. The van der Waals surface area contributed by atoms with E-state index >= 15 is 0 Å². The van der Waals surface area contributed by atoms with Gasteiger partial charge in [-0.2, -0.15) is 0 Å². The Kier molecular flexibility index (Phi) is 8.97. The topological polar surface area (TPSA) is 104 Å². The number of fused-ring (bicyclic) bond motifs is 3. The lowest BCUT2D eigenvalue weighted by atomic mass is 9.77. The predicted molar refractivity (Wildman–Crippen MR) is 205 cm³/mol. The molecule has 51 heavy (non-hydrogen) atoms. The highest BCUT2D eigenvalue weighted by Gasteiger charge is 2.41. The smallest absolute Gasteiger partial charge is 0.272 e. The van der Waals surface area contributed by atoms with Gasteiger partial charge < -0.3 is 15.1 Å². The van der Waals surface area contributed by atoms with Crippen molar-refractivity contribution in [3.63, 3.8) is 0 Å². The maximum Gasteiger partial charge on any atom is 0.272 e. The summed E-state index contributed by atoms with van der Waals surface area (Å²) >= 11 is 1.81. The molecular formula is C40H51N9OS. The SMILES string of the molecule is Cc1sc2c(c1C)C(c1ccc(N3CCC4(CCN(c5ccc(C(=O)NC6CCCCC6)nn5)C4)CC3)c(C(C)C)c1)=NC(C)c1nnc(C)n1-2. The summed E-state index contributed by atoms with van der Waals surface area (Å²) in [5.41, 5.74) is 8.14. The van der Waals surface area contributed by atoms with Crippen LogP contribution in [-0.4, -0.2) is 68.8 Å². The second-order valence-corrected chi connectivity index (χ2v) is 16.9. The molecular weight excluding hydrogens is 655 g/mol. The number of amides is 1. The number of carbonyl (C=O) groups is 1. The molecule has 4 aromatic rings. The Bertz CT molecular complexity index is 1960. The Morgan fingerprint density at radius 1 is 0.922 bits per heavy atom. The van der Waals surface area contributed by atoms with Crippen LogP contribution < -0.4 is 15.1 Å². The van der Waals surface area contributed by atoms with Crippen LogP contribution >= 0.6 is 11.3 Å². The van der Waals surface area contributed by atoms with Gasteiger partial charge in [-0.1, -0.05) is 39.2 Å². The molecule has 1 spiro atoms. The Morgan fingerprint density at radius 2 is 1.67 bits per heavy atom. The van der Waals surface area contributed by atoms with Gasteiger partial charge in [-0.25, -0.2) is 0 Å². The van der Waals surface area contributed by atoms with E-state index in [2.05, 4.69) is 92.9 Å². The number of carbonyl (C=O) groups excluding carboxylic acids is 1. The summed E-state index contributed by atoms with van der Waals surface area (Å²) in [5.74, 6) is 2.96. The van der Waals surface area contributed by atoms with Crippen LogP contribution in [-0.2, 0) is 0 Å². The number of benzene rings is 1. The number of rotatable bonds is 6. The molecule has 3 aliphatic heterocycles. The average Bonchev–Trinajstić information content (AvgIpc) is 3.80. The molecule has 1 amide bonds. The normalized spacial score (nSPS) is 20.4. The number of nitrogens with one attached hydrogen (secondary N) is 1. The van der Waals surface area contributed by atoms with Gasteiger partial charge in [0.05, 0.1) is 5.71 Å². The van der Waals surface area contributed by atoms with Crippen molar-refractivity contribution in [1.29, 1.82) is 0 Å². The first-order valence-corrected chi connectivity index (χ1v) is 19.8. The van der Waals surface area contributed by atoms with Crippen LogP contribution in [0.5, 0.6) is 0 Å². The quantitative estimate of drug-likeness (QED) is 0.220. The Hall–Kier alpha value is -4.12. The van der Waals surface area contributed by atoms with Crippen molar-refractivity contribution < 1.29 is 4.79 Å². The zero-order valence-electron chi connectivity index (χ0n) is 31.0. The number of aryl methyl sites for hydroxylation is 2. The Balaban J connectivity index is 0.970. The van der Waals surface area contributed by atoms with Crippen molar-refractivity contribution in [2.75, 3.05) is 36.0 Å². The van der Waals surface area contributed by atoms with Gasteiger partial charge in [0.25, 0.3) is 5.91 Å². The summed E-state index contributed by atoms with van der Waals surface area (Å²) in [5, 5.41) is 22.2. The number of thiophene rings is 1. The van der Waals surface area contributed by atoms with Gasteiger partial charge >= 0.3 is 0 Å². The maximum atomic E-state index is 12.8. The lowest BCUT2D eigenvalue weighted by Crippen LogP contribution is -2.42. The first-order valence-electron chi connectivity index (χ1n) is 19.0. The number of aromatic nitrogens is 5. The summed E-state index contributed by atoms with van der Waals surface area (Å²) in [6.07, 6.45) is 9.23. The lowest BCUT2D eigenvalue weighted by molar-refractivity contribution is 0.0921. The molecule has 1 saturated carbocycles. The second kappa shape index (κ2) is 13.5. The molecule has 1 aliphatic carbocycles. The largest absolute Gasteiger partial charge is 0.371 e. The molecule has 0 bridgehead atoms. The molecule has 0 radical (unpaired) electrons. The van der Waals surface area contributed by atoms with Crippen LogP contribution in [0.15, 0.2) is 35.3 Å². The van der Waals surface area contributed by atoms with E-state index in [-0.39, 0.29) is 23.4 Å². The van der Waals surface area contributed by atoms with Crippen LogP contribution in [0.25, 0.3) is 5.00 Å². The molecule has 1 atom stereocenters. The van der Waals surface area contributed by atoms with Gasteiger partial charge in [-0.05, 0) is 107 Å². The zero-order valence-corrected chi connectivity index (χ0v) is 31.8. The summed E-state index contributed by atoms with van der Waals surface area (Å²) < 4.78 is 2.21. The van der Waals surface area contributed by atoms with Gasteiger partial charge in [-0.3, -0.25) is 14.4 Å². The second-order valence-electron chi connectivity index (χ2n) is 15.7. The van der Waals surface area contributed by atoms with Crippen LogP contribution in [0.2, 0.25) is 0 Å². The standard InChI is InChI=1S/C40H51N9OS/c1-24(2)31-22-29(36-35-25(3)27(5)51-39(35)49-28(6)43-46-37(49)26(4)41-36)12-14-33(31)47-19-16-40(17-20-47)18-21-48(23-40)34-15-13-32(44-45-34)38(50)42-30-10-8-7-9-11-30/h12-15,22,24,26,30H,7-11,16-21,23H2,1-6H3,(H,42,50). The fourth-order valence-electron chi connectivity index (χ4n) is 8.81. The first-order chi connectivity index (χ1) is 24.6. The van der Waals surface area contributed by atoms with Crippen LogP contribution in [0.3, 0.4) is 0 Å². The molecule has 2 saturated heterocycles. The highest BCUT2D eigenvalue weighted by molar-refractivity contribution is 7.15. The molecule has 6 heterocycles. The van der Waals surface area contributed by atoms with E-state index in [1.165, 1.54) is 57.1 Å². The van der Waals surface area contributed by atoms with Gasteiger partial charge in [0, 0.05) is 53.9 Å². The number of aliphatic imine (C=N–C) groups is 1. The molecule has 3 aromatic heterocycles. The molecule has 1 unspecified atom stereocenters. The summed E-state index contributed by atoms with van der Waals surface area (Å²) in [7, 11) is 0. The molecule has 3 fully saturated rings. The van der Waals surface area contributed by atoms with Crippen LogP contribution in [0.1, 0.15) is 133 Å². The average molecular weight is 706 g/mol. The van der Waals surface area contributed by atoms with E-state index in [4.69, 9.17) is 4.99 Å². The molecule has 8 rings (SSSR count). The van der Waals surface area contributed by atoms with E-state index in [1.807, 2.05) is 30.4 Å². The maximum absolute atomic E-state index is 12.8. The van der Waals surface area contributed by atoms with Crippen LogP contribution in [0.4, 0.5) is 11.5 Å². The van der Waals surface area contributed by atoms with Crippen molar-refractivity contribution >= 4 is 34.5 Å². The van der Waals surface area contributed by atoms with Crippen molar-refractivity contribution in [2.45, 2.75) is 111 Å². The van der Waals surface area contributed by atoms with Gasteiger partial charge in [-0.15, -0.1) is 31.7 Å². The zero-order chi connectivity index (χ0) is 35.4. The van der Waals surface area contributed by atoms with Crippen molar-refractivity contribution in [1.82, 2.24) is 30.3 Å². The van der Waals surface area contributed by atoms with Gasteiger partial charge in [0.15, 0.2) is 17.3 Å². The van der Waals surface area contributed by atoms with E-state index in [9.17, 15) is 4.79 Å². The van der Waals surface area contributed by atoms with Gasteiger partial charge in [0.2, 0.25) is 0 Å². The fraction of sp³-hybridized carbons (Fsp3) is 0.550. The summed E-state index contributed by atoms with van der Waals surface area (Å²) in [6.45, 7) is 17.2. The predicted octanol–water partition coefficient (Wildman–Crippen LogP) is 7.64. The Morgan fingerprint density at radius 3 is 2.37 bits per heavy atom. The third-order valence-corrected chi connectivity index (χ3v) is 13.2. The minimum atomic E-state index is -0.0986. The minimum Gasteiger partial charge on any atom is -0.371 e. The van der Waals surface area contributed by atoms with Gasteiger partial charge in [0.1, 0.15) is 16.9 Å². The van der Waals surface area contributed by atoms with E-state index < -0.39 is 0 Å². The monoisotopic (exact) mass is 705 g/mol. The Labute approximate surface area is 305 Å². The summed E-state index contributed by atoms with van der Waals surface area (Å²) in [6, 6.07) is 11.1. The highest BCUT2D eigenvalue weighted by atomic mass is 32.1. The van der Waals surface area contributed by atoms with Crippen molar-refractivity contribution in [3.8, 4) is 5.00 Å². The molecule has 1 N–H and O–H groups in total. The first kappa shape index (κ1) is 34.0. The minimum absolute atomic E-state index is 0.0957. The number of hydrogen-bond acceptors (Lipinski definition) is 9. The third kappa shape index (κ3) is 6.25. The number of piperidine rings is 1. The number of hydrogen-bond donors (Lipinski definition) is 1. The van der Waals surface area contributed by atoms with Crippen LogP contribution in [0, 0.1) is 26.2 Å². The molecule has 11 heteroatoms. The molecule has 4 aliphatic rings. The van der Waals surface area contributed by atoms with Crippen molar-refractivity contribution in [2.24, 2.45) is 10.4 Å². The summed E-state index contributed by atoms with van der Waals surface area (Å²) in [4.78, 5) is 24.4. The van der Waals surface area contributed by atoms with E-state index in [1.54, 1.807) is 0 Å². The van der Waals surface area contributed by atoms with E-state index in [0.717, 1.165) is 81.5 Å². The number of anilines is 2. The lowest BCUT2D eigenvalue weighted by Gasteiger charge is -2.41.